The number of Topliss-reactive ketones (excluding diaryl/α,β-unsaturated/α-hetero) is 1. The highest BCUT2D eigenvalue weighted by Gasteiger charge is 2.87. The van der Waals surface area contributed by atoms with Crippen LogP contribution in [0.3, 0.4) is 0 Å². The summed E-state index contributed by atoms with van der Waals surface area (Å²) >= 11 is 0. The van der Waals surface area contributed by atoms with Crippen molar-refractivity contribution in [2.75, 3.05) is 13.2 Å². The largest absolute Gasteiger partial charge is 0.395 e. The second kappa shape index (κ2) is 3.91. The molecule has 8 atom stereocenters. The van der Waals surface area contributed by atoms with E-state index in [4.69, 9.17) is 9.47 Å². The highest BCUT2D eigenvalue weighted by molar-refractivity contribution is 5.90. The summed E-state index contributed by atoms with van der Waals surface area (Å²) in [6, 6.07) is 0. The number of aliphatic hydroxyl groups excluding tert-OH is 3. The molecular formula is C15H22O7. The maximum Gasteiger partial charge on any atom is 0.238 e. The number of ketones is 1. The van der Waals surface area contributed by atoms with E-state index >= 15 is 0 Å². The van der Waals surface area contributed by atoms with E-state index in [1.165, 1.54) is 0 Å². The van der Waals surface area contributed by atoms with Crippen molar-refractivity contribution in [3.8, 4) is 0 Å². The Morgan fingerprint density at radius 3 is 2.68 bits per heavy atom. The molecule has 2 bridgehead atoms. The van der Waals surface area contributed by atoms with Gasteiger partial charge in [0.05, 0.1) is 30.8 Å². The summed E-state index contributed by atoms with van der Waals surface area (Å²) in [7, 11) is 0. The molecule has 124 valence electrons. The predicted molar refractivity (Wildman–Crippen MR) is 71.6 cm³/mol. The molecule has 4 aliphatic rings. The molecule has 22 heavy (non-hydrogen) atoms. The minimum atomic E-state index is -2.15. The fourth-order valence-electron chi connectivity index (χ4n) is 5.71. The fraction of sp³-hybridized carbons (Fsp3) is 0.933. The average Bonchev–Trinajstić information content (AvgIpc) is 2.75. The zero-order chi connectivity index (χ0) is 16.1. The van der Waals surface area contributed by atoms with Crippen LogP contribution in [0.2, 0.25) is 0 Å². The first kappa shape index (κ1) is 15.0. The second-order valence-corrected chi connectivity index (χ2v) is 7.61. The molecular weight excluding hydrogens is 292 g/mol. The van der Waals surface area contributed by atoms with Gasteiger partial charge in [0.15, 0.2) is 5.78 Å². The Labute approximate surface area is 127 Å². The summed E-state index contributed by atoms with van der Waals surface area (Å²) in [4.78, 5) is 12.6. The van der Waals surface area contributed by atoms with E-state index in [0.717, 1.165) is 0 Å². The standard InChI is InChI=1S/C15H22O7/c1-7-3-9-13(5-16)12(2)4-8(17)11(19)14(12,22-9)6-21-15(13,20)10(7)18/h7-9,11,16-17,19-20H,3-6H2,1-2H3/t7-,8-,9+,11+,12+,13-,14+,15-/m1/s1. The van der Waals surface area contributed by atoms with Crippen molar-refractivity contribution in [2.24, 2.45) is 16.7 Å². The van der Waals surface area contributed by atoms with Crippen LogP contribution in [0, 0.1) is 16.7 Å². The molecule has 0 aromatic carbocycles. The third-order valence-corrected chi connectivity index (χ3v) is 6.98. The van der Waals surface area contributed by atoms with Crippen molar-refractivity contribution in [1.82, 2.24) is 0 Å². The van der Waals surface area contributed by atoms with E-state index in [1.807, 2.05) is 0 Å². The van der Waals surface area contributed by atoms with Crippen molar-refractivity contribution in [3.05, 3.63) is 0 Å². The average molecular weight is 314 g/mol. The van der Waals surface area contributed by atoms with Gasteiger partial charge in [0, 0.05) is 11.3 Å². The first-order valence-electron chi connectivity index (χ1n) is 7.76. The van der Waals surface area contributed by atoms with Gasteiger partial charge in [-0.1, -0.05) is 13.8 Å². The maximum atomic E-state index is 12.6. The number of carbonyl (C=O) groups excluding carboxylic acids is 1. The molecule has 2 heterocycles. The van der Waals surface area contributed by atoms with Crippen LogP contribution in [0.15, 0.2) is 0 Å². The van der Waals surface area contributed by atoms with Crippen LogP contribution in [-0.4, -0.2) is 69.1 Å². The molecule has 4 N–H and O–H groups in total. The molecule has 0 spiro atoms. The molecule has 2 saturated carbocycles. The molecule has 0 aromatic heterocycles. The lowest BCUT2D eigenvalue weighted by Gasteiger charge is -2.59. The van der Waals surface area contributed by atoms with Crippen LogP contribution >= 0.6 is 0 Å². The highest BCUT2D eigenvalue weighted by atomic mass is 16.7. The second-order valence-electron chi connectivity index (χ2n) is 7.61. The third-order valence-electron chi connectivity index (χ3n) is 6.98. The van der Waals surface area contributed by atoms with Crippen LogP contribution in [0.25, 0.3) is 0 Å². The van der Waals surface area contributed by atoms with Crippen molar-refractivity contribution in [1.29, 1.82) is 0 Å². The summed E-state index contributed by atoms with van der Waals surface area (Å²) in [6.45, 7) is 2.76. The summed E-state index contributed by atoms with van der Waals surface area (Å²) < 4.78 is 11.7. The Morgan fingerprint density at radius 1 is 1.36 bits per heavy atom. The quantitative estimate of drug-likeness (QED) is 0.468. The van der Waals surface area contributed by atoms with Crippen molar-refractivity contribution >= 4 is 5.78 Å². The van der Waals surface area contributed by atoms with Crippen molar-refractivity contribution in [2.45, 2.75) is 56.4 Å². The van der Waals surface area contributed by atoms with Gasteiger partial charge in [0.25, 0.3) is 0 Å². The van der Waals surface area contributed by atoms with Crippen LogP contribution < -0.4 is 0 Å². The van der Waals surface area contributed by atoms with Crippen LogP contribution in [0.4, 0.5) is 0 Å². The molecule has 2 aliphatic carbocycles. The maximum absolute atomic E-state index is 12.6. The molecule has 0 unspecified atom stereocenters. The van der Waals surface area contributed by atoms with Crippen LogP contribution in [0.1, 0.15) is 26.7 Å². The Hall–Kier alpha value is -0.570. The van der Waals surface area contributed by atoms with Gasteiger partial charge in [-0.2, -0.15) is 0 Å². The summed E-state index contributed by atoms with van der Waals surface area (Å²) in [5.41, 5.74) is -3.54. The van der Waals surface area contributed by atoms with E-state index in [0.29, 0.717) is 6.42 Å². The minimum absolute atomic E-state index is 0.137. The third kappa shape index (κ3) is 1.13. The number of ether oxygens (including phenoxy) is 2. The molecule has 0 amide bonds. The predicted octanol–water partition coefficient (Wildman–Crippen LogP) is -1.44. The van der Waals surface area contributed by atoms with Crippen molar-refractivity contribution in [3.63, 3.8) is 0 Å². The van der Waals surface area contributed by atoms with Gasteiger partial charge in [-0.05, 0) is 12.8 Å². The van der Waals surface area contributed by atoms with Gasteiger partial charge in [0.1, 0.15) is 11.7 Å². The van der Waals surface area contributed by atoms with E-state index in [9.17, 15) is 25.2 Å². The monoisotopic (exact) mass is 314 g/mol. The zero-order valence-corrected chi connectivity index (χ0v) is 12.7. The summed E-state index contributed by atoms with van der Waals surface area (Å²) in [6.07, 6.45) is -2.34. The number of aliphatic hydroxyl groups is 4. The highest BCUT2D eigenvalue weighted by Crippen LogP contribution is 2.74. The Bertz CT molecular complexity index is 552. The van der Waals surface area contributed by atoms with Gasteiger partial charge < -0.3 is 29.9 Å². The normalized spacial score (nSPS) is 63.1. The van der Waals surface area contributed by atoms with Gasteiger partial charge in [-0.3, -0.25) is 4.79 Å². The first-order valence-corrected chi connectivity index (χ1v) is 7.76. The number of hydrogen-bond acceptors (Lipinski definition) is 7. The lowest BCUT2D eigenvalue weighted by molar-refractivity contribution is -0.333. The SMILES string of the molecule is C[C@@H]1C[C@@H]2O[C@]34CO[C@](O)(C1=O)[C@@]2(CO)[C@]3(C)C[C@@H](O)[C@@H]4O. The summed E-state index contributed by atoms with van der Waals surface area (Å²) in [5.74, 6) is -3.08. The van der Waals surface area contributed by atoms with Crippen LogP contribution in [-0.2, 0) is 14.3 Å². The fourth-order valence-corrected chi connectivity index (χ4v) is 5.71. The zero-order valence-electron chi connectivity index (χ0n) is 12.7. The molecule has 4 fully saturated rings. The van der Waals surface area contributed by atoms with Gasteiger partial charge in [0.2, 0.25) is 5.79 Å². The van der Waals surface area contributed by atoms with Gasteiger partial charge in [-0.15, -0.1) is 0 Å². The van der Waals surface area contributed by atoms with E-state index in [2.05, 4.69) is 0 Å². The lowest BCUT2D eigenvalue weighted by Crippen LogP contribution is -2.75. The lowest BCUT2D eigenvalue weighted by atomic mass is 9.49. The van der Waals surface area contributed by atoms with E-state index in [-0.39, 0.29) is 13.0 Å². The smallest absolute Gasteiger partial charge is 0.238 e. The van der Waals surface area contributed by atoms with E-state index < -0.39 is 58.8 Å². The molecule has 2 saturated heterocycles. The van der Waals surface area contributed by atoms with Gasteiger partial charge in [-0.25, -0.2) is 0 Å². The molecule has 0 radical (unpaired) electrons. The Balaban J connectivity index is 1.98. The molecule has 7 nitrogen and oxygen atoms in total. The molecule has 0 aromatic rings. The van der Waals surface area contributed by atoms with Crippen LogP contribution in [0.5, 0.6) is 0 Å². The number of rotatable bonds is 1. The van der Waals surface area contributed by atoms with Crippen molar-refractivity contribution < 1.29 is 34.7 Å². The molecule has 7 heteroatoms. The number of carbonyl (C=O) groups is 1. The summed E-state index contributed by atoms with van der Waals surface area (Å²) in [5, 5.41) is 41.9. The first-order chi connectivity index (χ1) is 10.2. The van der Waals surface area contributed by atoms with Gasteiger partial charge >= 0.3 is 0 Å². The number of hydrogen-bond donors (Lipinski definition) is 4. The molecule has 4 rings (SSSR count). The Kier molecular flexibility index (Phi) is 2.66. The minimum Gasteiger partial charge on any atom is -0.395 e. The van der Waals surface area contributed by atoms with E-state index in [1.54, 1.807) is 13.8 Å². The topological polar surface area (TPSA) is 116 Å². The Morgan fingerprint density at radius 2 is 2.05 bits per heavy atom. The molecule has 2 aliphatic heterocycles.